The molecule has 1 aromatic carbocycles. The molecule has 4 rings (SSSR count). The minimum Gasteiger partial charge on any atom is -0.376 e. The fraction of sp³-hybridized carbons (Fsp3) is 0.400. The van der Waals surface area contributed by atoms with E-state index in [1.165, 1.54) is 45.1 Å². The average molecular weight is 619 g/mol. The first-order chi connectivity index (χ1) is 18.6. The topological polar surface area (TPSA) is 111 Å². The Morgan fingerprint density at radius 1 is 1.07 bits per heavy atom. The molecular formula is C25H29F3N4O5S3. The number of sulfonamides is 2. The summed E-state index contributed by atoms with van der Waals surface area (Å²) in [7, 11) is -7.59. The normalized spacial score (nSPS) is 19.1. The highest BCUT2D eigenvalue weighted by Gasteiger charge is 2.51. The molecule has 3 heterocycles. The molecule has 0 spiro atoms. The molecule has 2 aromatic heterocycles. The van der Waals surface area contributed by atoms with Gasteiger partial charge in [-0.15, -0.1) is 11.3 Å². The average Bonchev–Trinajstić information content (AvgIpc) is 3.44. The molecule has 1 fully saturated rings. The molecule has 40 heavy (non-hydrogen) atoms. The molecule has 1 N–H and O–H groups in total. The van der Waals surface area contributed by atoms with Gasteiger partial charge in [-0.25, -0.2) is 16.8 Å². The summed E-state index contributed by atoms with van der Waals surface area (Å²) >= 11 is 1.08. The minimum absolute atomic E-state index is 0.00206. The second kappa shape index (κ2) is 11.4. The quantitative estimate of drug-likeness (QED) is 0.392. The second-order valence-corrected chi connectivity index (χ2v) is 14.8. The second-order valence-electron chi connectivity index (χ2n) is 9.68. The minimum atomic E-state index is -4.89. The third kappa shape index (κ3) is 6.50. The molecule has 0 saturated carbocycles. The lowest BCUT2D eigenvalue weighted by Crippen LogP contribution is -2.58. The molecule has 9 nitrogen and oxygen atoms in total. The van der Waals surface area contributed by atoms with E-state index in [4.69, 9.17) is 0 Å². The number of nitrogens with zero attached hydrogens (tertiary/aromatic N) is 4. The number of rotatable bonds is 9. The first-order valence-corrected chi connectivity index (χ1v) is 16.3. The molecule has 1 saturated heterocycles. The van der Waals surface area contributed by atoms with Crippen molar-refractivity contribution in [2.45, 2.75) is 35.5 Å². The molecule has 0 aliphatic carbocycles. The zero-order valence-corrected chi connectivity index (χ0v) is 24.1. The predicted molar refractivity (Wildman–Crippen MR) is 146 cm³/mol. The Morgan fingerprint density at radius 2 is 1.77 bits per heavy atom. The largest absolute Gasteiger partial charge is 0.421 e. The number of hydrogen-bond donors (Lipinski definition) is 1. The maximum Gasteiger partial charge on any atom is 0.421 e. The van der Waals surface area contributed by atoms with Crippen LogP contribution in [0.5, 0.6) is 0 Å². The number of thiophene rings is 1. The summed E-state index contributed by atoms with van der Waals surface area (Å²) in [5.74, 6) is 0. The van der Waals surface area contributed by atoms with E-state index in [0.717, 1.165) is 17.6 Å². The van der Waals surface area contributed by atoms with Gasteiger partial charge in [0.1, 0.15) is 4.21 Å². The molecular weight excluding hydrogens is 589 g/mol. The highest BCUT2D eigenvalue weighted by molar-refractivity contribution is 7.91. The van der Waals surface area contributed by atoms with Crippen LogP contribution in [-0.4, -0.2) is 80.2 Å². The van der Waals surface area contributed by atoms with Crippen LogP contribution in [-0.2, 0) is 32.2 Å². The van der Waals surface area contributed by atoms with Gasteiger partial charge in [0.25, 0.3) is 10.0 Å². The van der Waals surface area contributed by atoms with Crippen molar-refractivity contribution in [3.05, 3.63) is 77.4 Å². The van der Waals surface area contributed by atoms with Crippen molar-refractivity contribution in [2.24, 2.45) is 0 Å². The van der Waals surface area contributed by atoms with Crippen molar-refractivity contribution in [2.75, 3.05) is 37.3 Å². The van der Waals surface area contributed by atoms with E-state index in [0.29, 0.717) is 18.2 Å². The fourth-order valence-corrected chi connectivity index (χ4v) is 7.91. The lowest BCUT2D eigenvalue weighted by Gasteiger charge is -2.43. The Morgan fingerprint density at radius 3 is 2.33 bits per heavy atom. The summed E-state index contributed by atoms with van der Waals surface area (Å²) in [6.07, 6.45) is -0.730. The Kier molecular flexibility index (Phi) is 8.64. The Hall–Kier alpha value is -2.56. The molecule has 15 heteroatoms. The van der Waals surface area contributed by atoms with E-state index in [1.807, 2.05) is 0 Å². The monoisotopic (exact) mass is 618 g/mol. The van der Waals surface area contributed by atoms with E-state index >= 15 is 0 Å². The van der Waals surface area contributed by atoms with Crippen molar-refractivity contribution in [3.8, 4) is 0 Å². The number of benzene rings is 1. The van der Waals surface area contributed by atoms with Crippen molar-refractivity contribution >= 4 is 37.1 Å². The number of alkyl halides is 3. The smallest absolute Gasteiger partial charge is 0.376 e. The van der Waals surface area contributed by atoms with Crippen LogP contribution in [0.1, 0.15) is 18.1 Å². The lowest BCUT2D eigenvalue weighted by molar-refractivity contribution is -0.258. The number of aliphatic hydroxyl groups is 1. The van der Waals surface area contributed by atoms with Gasteiger partial charge in [0, 0.05) is 50.8 Å². The van der Waals surface area contributed by atoms with Gasteiger partial charge in [-0.3, -0.25) is 4.98 Å². The van der Waals surface area contributed by atoms with Gasteiger partial charge >= 0.3 is 6.18 Å². The molecule has 218 valence electrons. The van der Waals surface area contributed by atoms with Crippen molar-refractivity contribution in [1.29, 1.82) is 0 Å². The zero-order chi connectivity index (χ0) is 29.3. The summed E-state index contributed by atoms with van der Waals surface area (Å²) < 4.78 is 94.9. The highest BCUT2D eigenvalue weighted by atomic mass is 32.2. The number of pyridine rings is 1. The van der Waals surface area contributed by atoms with Crippen LogP contribution < -0.4 is 4.90 Å². The summed E-state index contributed by atoms with van der Waals surface area (Å²) in [5, 5.41) is 11.7. The van der Waals surface area contributed by atoms with E-state index in [-0.39, 0.29) is 42.5 Å². The van der Waals surface area contributed by atoms with E-state index < -0.39 is 37.9 Å². The van der Waals surface area contributed by atoms with Crippen LogP contribution in [0.4, 0.5) is 18.9 Å². The van der Waals surface area contributed by atoms with Gasteiger partial charge < -0.3 is 10.0 Å². The first kappa shape index (κ1) is 30.4. The number of aromatic nitrogens is 1. The van der Waals surface area contributed by atoms with Crippen molar-refractivity contribution in [1.82, 2.24) is 13.6 Å². The van der Waals surface area contributed by atoms with Crippen molar-refractivity contribution in [3.63, 3.8) is 0 Å². The Balaban J connectivity index is 1.68. The van der Waals surface area contributed by atoms with E-state index in [9.17, 15) is 35.1 Å². The van der Waals surface area contributed by atoms with Crippen LogP contribution in [0.2, 0.25) is 0 Å². The Labute approximate surface area is 235 Å². The van der Waals surface area contributed by atoms with Crippen LogP contribution in [0.25, 0.3) is 0 Å². The molecule has 0 amide bonds. The third-order valence-corrected chi connectivity index (χ3v) is 11.3. The van der Waals surface area contributed by atoms with Gasteiger partial charge in [-0.2, -0.15) is 21.8 Å². The molecule has 2 unspecified atom stereocenters. The highest BCUT2D eigenvalue weighted by Crippen LogP contribution is 2.39. The predicted octanol–water partition coefficient (Wildman–Crippen LogP) is 3.25. The maximum absolute atomic E-state index is 13.4. The summed E-state index contributed by atoms with van der Waals surface area (Å²) in [6, 6.07) is 11.0. The molecule has 2 atom stereocenters. The number of piperazine rings is 1. The molecule has 0 bridgehead atoms. The lowest BCUT2D eigenvalue weighted by atomic mass is 9.95. The van der Waals surface area contributed by atoms with Gasteiger partial charge in [-0.1, -0.05) is 24.3 Å². The SMILES string of the molecule is CC(O)(c1ccc(N2CCN(S(=O)(=O)c3cccs3)CC2CN(Cc2cccnc2)S(C)(=O)=O)cc1)C(F)(F)F. The number of hydrogen-bond acceptors (Lipinski definition) is 8. The summed E-state index contributed by atoms with van der Waals surface area (Å²) in [6.45, 7) is 0.770. The molecule has 0 radical (unpaired) electrons. The van der Waals surface area contributed by atoms with Gasteiger partial charge in [0.2, 0.25) is 10.0 Å². The van der Waals surface area contributed by atoms with Crippen molar-refractivity contribution < 1.29 is 35.1 Å². The first-order valence-electron chi connectivity index (χ1n) is 12.1. The van der Waals surface area contributed by atoms with Crippen LogP contribution in [0.3, 0.4) is 0 Å². The molecule has 1 aliphatic rings. The van der Waals surface area contributed by atoms with Gasteiger partial charge in [0.05, 0.1) is 12.3 Å². The van der Waals surface area contributed by atoms with Gasteiger partial charge in [-0.05, 0) is 47.7 Å². The number of anilines is 1. The van der Waals surface area contributed by atoms with Crippen LogP contribution in [0, 0.1) is 0 Å². The van der Waals surface area contributed by atoms with Crippen LogP contribution >= 0.6 is 11.3 Å². The summed E-state index contributed by atoms with van der Waals surface area (Å²) in [4.78, 5) is 5.81. The zero-order valence-electron chi connectivity index (χ0n) is 21.7. The summed E-state index contributed by atoms with van der Waals surface area (Å²) in [5.41, 5.74) is -2.31. The Bertz CT molecular complexity index is 1500. The van der Waals surface area contributed by atoms with E-state index in [1.54, 1.807) is 34.7 Å². The fourth-order valence-electron chi connectivity index (χ4n) is 4.47. The standard InChI is InChI=1S/C25H29F3N4O5S3/c1-24(33,25(26,27)28)20-7-9-21(10-8-20)32-13-12-30(40(36,37)23-6-4-14-38-23)17-22(32)18-31(39(2,34)35)16-19-5-3-11-29-15-19/h3-11,14-15,22,33H,12-13,16-18H2,1-2H3. The maximum atomic E-state index is 13.4. The van der Waals surface area contributed by atoms with Gasteiger partial charge in [0.15, 0.2) is 5.60 Å². The van der Waals surface area contributed by atoms with E-state index in [2.05, 4.69) is 4.98 Å². The molecule has 1 aliphatic heterocycles. The third-order valence-electron chi connectivity index (χ3n) is 6.81. The number of halogens is 3. The molecule has 3 aromatic rings. The van der Waals surface area contributed by atoms with Crippen LogP contribution in [0.15, 0.2) is 70.5 Å².